The molecule has 2 atom stereocenters. The molecule has 0 saturated heterocycles. The van der Waals surface area contributed by atoms with Crippen molar-refractivity contribution >= 4 is 24.2 Å². The number of amides is 2. The number of rotatable bonds is 8. The molecule has 8 heteroatoms. The normalized spacial score (nSPS) is 13.4. The molecule has 1 aromatic carbocycles. The van der Waals surface area contributed by atoms with Gasteiger partial charge in [0.2, 0.25) is 5.91 Å². The maximum absolute atomic E-state index is 13.2. The number of alkyl halides is 2. The zero-order valence-electron chi connectivity index (χ0n) is 13.7. The van der Waals surface area contributed by atoms with Gasteiger partial charge in [-0.15, -0.1) is 12.4 Å². The van der Waals surface area contributed by atoms with E-state index in [2.05, 4.69) is 10.6 Å². The molecule has 0 heterocycles. The fourth-order valence-electron chi connectivity index (χ4n) is 1.91. The first kappa shape index (κ1) is 22.3. The second-order valence-corrected chi connectivity index (χ2v) is 5.48. The first-order chi connectivity index (χ1) is 10.8. The van der Waals surface area contributed by atoms with Crippen LogP contribution in [0.5, 0.6) is 0 Å². The van der Waals surface area contributed by atoms with Gasteiger partial charge in [0.1, 0.15) is 6.04 Å². The van der Waals surface area contributed by atoms with E-state index in [0.717, 1.165) is 0 Å². The van der Waals surface area contributed by atoms with Crippen molar-refractivity contribution in [2.45, 2.75) is 32.2 Å². The third kappa shape index (κ3) is 6.80. The fourth-order valence-corrected chi connectivity index (χ4v) is 1.91. The zero-order valence-corrected chi connectivity index (χ0v) is 14.5. The number of hydrogen-bond acceptors (Lipinski definition) is 3. The van der Waals surface area contributed by atoms with Crippen LogP contribution >= 0.6 is 12.4 Å². The lowest BCUT2D eigenvalue weighted by Gasteiger charge is -2.24. The van der Waals surface area contributed by atoms with E-state index >= 15 is 0 Å². The minimum Gasteiger partial charge on any atom is -0.348 e. The van der Waals surface area contributed by atoms with E-state index < -0.39 is 36.9 Å². The third-order valence-corrected chi connectivity index (χ3v) is 3.64. The van der Waals surface area contributed by atoms with Crippen LogP contribution in [0.15, 0.2) is 30.3 Å². The van der Waals surface area contributed by atoms with E-state index in [1.54, 1.807) is 37.3 Å². The maximum Gasteiger partial charge on any atom is 0.277 e. The molecule has 136 valence electrons. The smallest absolute Gasteiger partial charge is 0.277 e. The lowest BCUT2D eigenvalue weighted by Crippen LogP contribution is -2.53. The minimum absolute atomic E-state index is 0. The van der Waals surface area contributed by atoms with Crippen LogP contribution in [0.25, 0.3) is 0 Å². The highest BCUT2D eigenvalue weighted by molar-refractivity contribution is 5.97. The molecule has 0 spiro atoms. The summed E-state index contributed by atoms with van der Waals surface area (Å²) in [5, 5.41) is 4.77. The van der Waals surface area contributed by atoms with Crippen LogP contribution in [0, 0.1) is 5.92 Å². The summed E-state index contributed by atoms with van der Waals surface area (Å²) in [4.78, 5) is 24.4. The number of hydrogen-bond donors (Lipinski definition) is 3. The van der Waals surface area contributed by atoms with Gasteiger partial charge in [0.15, 0.2) is 0 Å². The summed E-state index contributed by atoms with van der Waals surface area (Å²) in [6.07, 6.45) is 0.612. The van der Waals surface area contributed by atoms with Crippen molar-refractivity contribution in [1.82, 2.24) is 10.6 Å². The molecule has 0 aliphatic heterocycles. The zero-order chi connectivity index (χ0) is 17.5. The Labute approximate surface area is 146 Å². The lowest BCUT2D eigenvalue weighted by molar-refractivity contribution is -0.125. The van der Waals surface area contributed by atoms with Crippen molar-refractivity contribution in [2.24, 2.45) is 11.7 Å². The van der Waals surface area contributed by atoms with Crippen molar-refractivity contribution in [2.75, 3.05) is 13.1 Å². The third-order valence-electron chi connectivity index (χ3n) is 3.64. The molecule has 2 unspecified atom stereocenters. The van der Waals surface area contributed by atoms with Crippen molar-refractivity contribution in [3.63, 3.8) is 0 Å². The number of carbonyl (C=O) groups excluding carboxylic acids is 2. The number of carbonyl (C=O) groups is 2. The van der Waals surface area contributed by atoms with Gasteiger partial charge < -0.3 is 16.4 Å². The summed E-state index contributed by atoms with van der Waals surface area (Å²) in [5.74, 6) is -4.43. The number of benzene rings is 1. The Balaban J connectivity index is 0.00000529. The van der Waals surface area contributed by atoms with Crippen LogP contribution in [0.1, 0.15) is 30.6 Å². The summed E-state index contributed by atoms with van der Waals surface area (Å²) < 4.78 is 26.3. The fraction of sp³-hybridized carbons (Fsp3) is 0.500. The monoisotopic (exact) mass is 363 g/mol. The number of nitrogens with two attached hydrogens (primary N) is 1. The highest BCUT2D eigenvalue weighted by Crippen LogP contribution is 2.12. The predicted molar refractivity (Wildman–Crippen MR) is 91.4 cm³/mol. The van der Waals surface area contributed by atoms with Gasteiger partial charge >= 0.3 is 0 Å². The molecule has 0 aliphatic rings. The maximum atomic E-state index is 13.2. The summed E-state index contributed by atoms with van der Waals surface area (Å²) >= 11 is 0. The van der Waals surface area contributed by atoms with Crippen LogP contribution in [0.2, 0.25) is 0 Å². The first-order valence-electron chi connectivity index (χ1n) is 7.52. The van der Waals surface area contributed by atoms with Crippen molar-refractivity contribution in [3.8, 4) is 0 Å². The molecule has 0 bridgehead atoms. The molecule has 0 saturated carbocycles. The molecule has 0 radical (unpaired) electrons. The van der Waals surface area contributed by atoms with E-state index in [-0.39, 0.29) is 18.3 Å². The molecule has 5 nitrogen and oxygen atoms in total. The van der Waals surface area contributed by atoms with Gasteiger partial charge in [0.25, 0.3) is 11.8 Å². The SMILES string of the molecule is CCC(C)C(NC(=O)c1ccccc1)C(=O)NCC(F)(F)CN.Cl. The molecule has 1 aromatic rings. The summed E-state index contributed by atoms with van der Waals surface area (Å²) in [5.41, 5.74) is 5.34. The molecule has 2 amide bonds. The average Bonchev–Trinajstić information content (AvgIpc) is 2.57. The molecule has 24 heavy (non-hydrogen) atoms. The Morgan fingerprint density at radius 1 is 1.25 bits per heavy atom. The minimum atomic E-state index is -3.17. The highest BCUT2D eigenvalue weighted by atomic mass is 35.5. The molecule has 0 fully saturated rings. The average molecular weight is 364 g/mol. The first-order valence-corrected chi connectivity index (χ1v) is 7.52. The Bertz CT molecular complexity index is 529. The van der Waals surface area contributed by atoms with Crippen molar-refractivity contribution in [3.05, 3.63) is 35.9 Å². The molecular weight excluding hydrogens is 340 g/mol. The van der Waals surface area contributed by atoms with Crippen molar-refractivity contribution < 1.29 is 18.4 Å². The Kier molecular flexibility index (Phi) is 9.47. The summed E-state index contributed by atoms with van der Waals surface area (Å²) in [6, 6.07) is 7.52. The number of halogens is 3. The van der Waals surface area contributed by atoms with E-state index in [1.807, 2.05) is 6.92 Å². The van der Waals surface area contributed by atoms with Gasteiger partial charge in [0.05, 0.1) is 13.1 Å². The lowest BCUT2D eigenvalue weighted by atomic mass is 9.97. The van der Waals surface area contributed by atoms with E-state index in [4.69, 9.17) is 5.73 Å². The van der Waals surface area contributed by atoms with Crippen molar-refractivity contribution in [1.29, 1.82) is 0 Å². The van der Waals surface area contributed by atoms with Gasteiger partial charge in [0, 0.05) is 5.56 Å². The quantitative estimate of drug-likeness (QED) is 0.660. The molecule has 0 aromatic heterocycles. The Morgan fingerprint density at radius 2 is 1.83 bits per heavy atom. The molecule has 1 rings (SSSR count). The molecule has 4 N–H and O–H groups in total. The second kappa shape index (κ2) is 10.2. The highest BCUT2D eigenvalue weighted by Gasteiger charge is 2.31. The molecule has 0 aliphatic carbocycles. The van der Waals surface area contributed by atoms with Crippen LogP contribution < -0.4 is 16.4 Å². The van der Waals surface area contributed by atoms with Crippen LogP contribution in [-0.4, -0.2) is 36.9 Å². The Morgan fingerprint density at radius 3 is 2.33 bits per heavy atom. The van der Waals surface area contributed by atoms with Crippen LogP contribution in [0.3, 0.4) is 0 Å². The Hall–Kier alpha value is -1.73. The standard InChI is InChI=1S/C16H23F2N3O2.ClH/c1-3-11(2)13(15(23)20-10-16(17,18)9-19)21-14(22)12-7-5-4-6-8-12;/h4-8,11,13H,3,9-10,19H2,1-2H3,(H,20,23)(H,21,22);1H. The van der Waals surface area contributed by atoms with Gasteiger partial charge in [-0.25, -0.2) is 8.78 Å². The predicted octanol–water partition coefficient (Wildman–Crippen LogP) is 1.96. The van der Waals surface area contributed by atoms with E-state index in [0.29, 0.717) is 12.0 Å². The molecular formula is C16H24ClF2N3O2. The van der Waals surface area contributed by atoms with Gasteiger partial charge in [-0.3, -0.25) is 9.59 Å². The van der Waals surface area contributed by atoms with Gasteiger partial charge in [-0.05, 0) is 18.1 Å². The van der Waals surface area contributed by atoms with Crippen LogP contribution in [-0.2, 0) is 4.79 Å². The number of nitrogens with one attached hydrogen (secondary N) is 2. The van der Waals surface area contributed by atoms with E-state index in [9.17, 15) is 18.4 Å². The topological polar surface area (TPSA) is 84.2 Å². The summed E-state index contributed by atoms with van der Waals surface area (Å²) in [7, 11) is 0. The van der Waals surface area contributed by atoms with E-state index in [1.165, 1.54) is 0 Å². The van der Waals surface area contributed by atoms with Gasteiger partial charge in [-0.2, -0.15) is 0 Å². The second-order valence-electron chi connectivity index (χ2n) is 5.48. The summed E-state index contributed by atoms with van der Waals surface area (Å²) in [6.45, 7) is 1.93. The van der Waals surface area contributed by atoms with Gasteiger partial charge in [-0.1, -0.05) is 38.5 Å². The largest absolute Gasteiger partial charge is 0.348 e. The van der Waals surface area contributed by atoms with Crippen LogP contribution in [0.4, 0.5) is 8.78 Å².